The van der Waals surface area contributed by atoms with Gasteiger partial charge in [-0.05, 0) is 36.2 Å². The fourth-order valence-electron chi connectivity index (χ4n) is 1.95. The van der Waals surface area contributed by atoms with Crippen molar-refractivity contribution in [2.45, 2.75) is 25.5 Å². The maximum atomic E-state index is 13.0. The molecule has 0 saturated carbocycles. The van der Waals surface area contributed by atoms with Crippen LogP contribution >= 0.6 is 11.6 Å². The minimum Gasteiger partial charge on any atom is -0.483 e. The zero-order chi connectivity index (χ0) is 14.5. The van der Waals surface area contributed by atoms with E-state index in [0.717, 1.165) is 12.0 Å². The van der Waals surface area contributed by atoms with E-state index in [1.165, 1.54) is 12.1 Å². The average molecular weight is 294 g/mol. The maximum absolute atomic E-state index is 13.0. The third kappa shape index (κ3) is 3.50. The van der Waals surface area contributed by atoms with Gasteiger partial charge in [0, 0.05) is 6.04 Å². The van der Waals surface area contributed by atoms with Crippen LogP contribution in [-0.4, -0.2) is 6.04 Å². The van der Waals surface area contributed by atoms with Crippen molar-refractivity contribution in [2.24, 2.45) is 5.73 Å². The lowest BCUT2D eigenvalue weighted by atomic mass is 10.0. The molecule has 2 nitrogen and oxygen atoms in total. The fraction of sp³-hybridized carbons (Fsp3) is 0.250. The van der Waals surface area contributed by atoms with Crippen molar-refractivity contribution in [3.05, 3.63) is 64.9 Å². The Balaban J connectivity index is 2.29. The highest BCUT2D eigenvalue weighted by molar-refractivity contribution is 6.32. The predicted molar refractivity (Wildman–Crippen MR) is 79.5 cm³/mol. The van der Waals surface area contributed by atoms with Crippen LogP contribution in [0.3, 0.4) is 0 Å². The first-order chi connectivity index (χ1) is 9.61. The Bertz CT molecular complexity index is 559. The summed E-state index contributed by atoms with van der Waals surface area (Å²) in [7, 11) is 0. The number of nitrogens with two attached hydrogens (primary N) is 1. The van der Waals surface area contributed by atoms with Crippen molar-refractivity contribution in [1.29, 1.82) is 0 Å². The molecular formula is C16H17ClFNO. The first-order valence-electron chi connectivity index (χ1n) is 6.54. The molecule has 2 unspecified atom stereocenters. The SMILES string of the molecule is CCC(N)C(Oc1ccccc1Cl)c1ccc(F)cc1. The Morgan fingerprint density at radius 3 is 2.40 bits per heavy atom. The van der Waals surface area contributed by atoms with Gasteiger partial charge in [0.1, 0.15) is 17.7 Å². The molecule has 0 aliphatic heterocycles. The molecule has 0 aromatic heterocycles. The van der Waals surface area contributed by atoms with E-state index in [1.54, 1.807) is 24.3 Å². The molecule has 0 fully saturated rings. The molecule has 2 atom stereocenters. The summed E-state index contributed by atoms with van der Waals surface area (Å²) in [5, 5.41) is 0.530. The second kappa shape index (κ2) is 6.73. The van der Waals surface area contributed by atoms with Crippen LogP contribution in [0.15, 0.2) is 48.5 Å². The normalized spacial score (nSPS) is 13.8. The molecule has 0 heterocycles. The zero-order valence-corrected chi connectivity index (χ0v) is 12.0. The molecule has 20 heavy (non-hydrogen) atoms. The van der Waals surface area contributed by atoms with Crippen LogP contribution in [0.4, 0.5) is 4.39 Å². The van der Waals surface area contributed by atoms with Crippen molar-refractivity contribution >= 4 is 11.6 Å². The number of ether oxygens (including phenoxy) is 1. The van der Waals surface area contributed by atoms with Gasteiger partial charge in [-0.3, -0.25) is 0 Å². The van der Waals surface area contributed by atoms with Crippen molar-refractivity contribution in [3.8, 4) is 5.75 Å². The minimum atomic E-state index is -0.361. The summed E-state index contributed by atoms with van der Waals surface area (Å²) >= 11 is 6.10. The smallest absolute Gasteiger partial charge is 0.139 e. The van der Waals surface area contributed by atoms with Gasteiger partial charge in [-0.15, -0.1) is 0 Å². The van der Waals surface area contributed by atoms with Crippen molar-refractivity contribution in [2.75, 3.05) is 0 Å². The van der Waals surface area contributed by atoms with E-state index in [2.05, 4.69) is 0 Å². The molecule has 106 valence electrons. The molecule has 0 bridgehead atoms. The van der Waals surface area contributed by atoms with Crippen LogP contribution in [0.25, 0.3) is 0 Å². The second-order valence-electron chi connectivity index (χ2n) is 4.59. The first-order valence-corrected chi connectivity index (χ1v) is 6.92. The zero-order valence-electron chi connectivity index (χ0n) is 11.2. The number of para-hydroxylation sites is 1. The van der Waals surface area contributed by atoms with Crippen molar-refractivity contribution < 1.29 is 9.13 Å². The molecular weight excluding hydrogens is 277 g/mol. The third-order valence-electron chi connectivity index (χ3n) is 3.15. The molecule has 0 aliphatic rings. The summed E-state index contributed by atoms with van der Waals surface area (Å²) < 4.78 is 19.0. The Morgan fingerprint density at radius 1 is 1.15 bits per heavy atom. The largest absolute Gasteiger partial charge is 0.483 e. The highest BCUT2D eigenvalue weighted by Crippen LogP contribution is 2.30. The monoisotopic (exact) mass is 293 g/mol. The molecule has 0 radical (unpaired) electrons. The van der Waals surface area contributed by atoms with E-state index >= 15 is 0 Å². The Labute approximate surface area is 123 Å². The van der Waals surface area contributed by atoms with Gasteiger partial charge in [0.2, 0.25) is 0 Å². The molecule has 0 aliphatic carbocycles. The number of hydrogen-bond donors (Lipinski definition) is 1. The lowest BCUT2D eigenvalue weighted by Gasteiger charge is -2.25. The summed E-state index contributed by atoms with van der Waals surface area (Å²) in [6.45, 7) is 1.98. The fourth-order valence-corrected chi connectivity index (χ4v) is 2.13. The average Bonchev–Trinajstić information content (AvgIpc) is 2.47. The third-order valence-corrected chi connectivity index (χ3v) is 3.46. The number of benzene rings is 2. The highest BCUT2D eigenvalue weighted by Gasteiger charge is 2.21. The van der Waals surface area contributed by atoms with Gasteiger partial charge >= 0.3 is 0 Å². The van der Waals surface area contributed by atoms with Gasteiger partial charge in [-0.25, -0.2) is 4.39 Å². The highest BCUT2D eigenvalue weighted by atomic mass is 35.5. The summed E-state index contributed by atoms with van der Waals surface area (Å²) in [6.07, 6.45) is 0.382. The van der Waals surface area contributed by atoms with Crippen LogP contribution in [0.2, 0.25) is 5.02 Å². The van der Waals surface area contributed by atoms with Crippen LogP contribution in [0.1, 0.15) is 25.0 Å². The Morgan fingerprint density at radius 2 is 1.80 bits per heavy atom. The van der Waals surface area contributed by atoms with Gasteiger partial charge in [-0.1, -0.05) is 42.8 Å². The van der Waals surface area contributed by atoms with E-state index in [9.17, 15) is 4.39 Å². The van der Waals surface area contributed by atoms with Crippen LogP contribution in [-0.2, 0) is 0 Å². The molecule has 2 aromatic rings. The minimum absolute atomic E-state index is 0.197. The van der Waals surface area contributed by atoms with Crippen LogP contribution in [0, 0.1) is 5.82 Å². The van der Waals surface area contributed by atoms with E-state index < -0.39 is 0 Å². The molecule has 4 heteroatoms. The van der Waals surface area contributed by atoms with Gasteiger partial charge in [0.05, 0.1) is 5.02 Å². The number of halogens is 2. The molecule has 2 N–H and O–H groups in total. The first kappa shape index (κ1) is 14.8. The van der Waals surface area contributed by atoms with Gasteiger partial charge < -0.3 is 10.5 Å². The van der Waals surface area contributed by atoms with Gasteiger partial charge in [0.15, 0.2) is 0 Å². The standard InChI is InChI=1S/C16H17ClFNO/c1-2-14(19)16(11-7-9-12(18)10-8-11)20-15-6-4-3-5-13(15)17/h3-10,14,16H,2,19H2,1H3. The number of hydrogen-bond acceptors (Lipinski definition) is 2. The van der Waals surface area contributed by atoms with E-state index in [0.29, 0.717) is 10.8 Å². The topological polar surface area (TPSA) is 35.2 Å². The summed E-state index contributed by atoms with van der Waals surface area (Å²) in [5.41, 5.74) is 6.96. The summed E-state index contributed by atoms with van der Waals surface area (Å²) in [4.78, 5) is 0. The number of rotatable bonds is 5. The quantitative estimate of drug-likeness (QED) is 0.890. The Kier molecular flexibility index (Phi) is 4.99. The molecule has 0 amide bonds. The van der Waals surface area contributed by atoms with Crippen LogP contribution in [0.5, 0.6) is 5.75 Å². The summed E-state index contributed by atoms with van der Waals surface area (Å²) in [6, 6.07) is 13.2. The lowest BCUT2D eigenvalue weighted by molar-refractivity contribution is 0.171. The van der Waals surface area contributed by atoms with Crippen molar-refractivity contribution in [1.82, 2.24) is 0 Å². The second-order valence-corrected chi connectivity index (χ2v) is 5.00. The lowest BCUT2D eigenvalue weighted by Crippen LogP contribution is -2.31. The molecule has 2 rings (SSSR count). The molecule has 0 spiro atoms. The maximum Gasteiger partial charge on any atom is 0.139 e. The van der Waals surface area contributed by atoms with Gasteiger partial charge in [0.25, 0.3) is 0 Å². The molecule has 0 saturated heterocycles. The van der Waals surface area contributed by atoms with E-state index in [4.69, 9.17) is 22.1 Å². The predicted octanol–water partition coefficient (Wildman–Crippen LogP) is 4.34. The van der Waals surface area contributed by atoms with Crippen molar-refractivity contribution in [3.63, 3.8) is 0 Å². The van der Waals surface area contributed by atoms with Crippen LogP contribution < -0.4 is 10.5 Å². The summed E-state index contributed by atoms with van der Waals surface area (Å²) in [5.74, 6) is 0.294. The van der Waals surface area contributed by atoms with E-state index in [1.807, 2.05) is 19.1 Å². The molecule has 2 aromatic carbocycles. The Hall–Kier alpha value is -1.58. The van der Waals surface area contributed by atoms with E-state index in [-0.39, 0.29) is 18.0 Å². The van der Waals surface area contributed by atoms with Gasteiger partial charge in [-0.2, -0.15) is 0 Å².